The zero-order valence-electron chi connectivity index (χ0n) is 22.4. The van der Waals surface area contributed by atoms with Crippen LogP contribution < -0.4 is 14.4 Å². The van der Waals surface area contributed by atoms with Crippen molar-refractivity contribution in [3.63, 3.8) is 0 Å². The van der Waals surface area contributed by atoms with Gasteiger partial charge in [-0.1, -0.05) is 45.0 Å². The summed E-state index contributed by atoms with van der Waals surface area (Å²) in [5, 5.41) is 2.89. The van der Waals surface area contributed by atoms with E-state index in [1.165, 1.54) is 31.1 Å². The SMILES string of the molecule is CC[C@@H](C(=O)NCC(C)C)N(Cc1cccc(OC)c1)C(=O)CN(c1cccc(C(C)=O)c1)S(C)(=O)=O. The van der Waals surface area contributed by atoms with E-state index in [2.05, 4.69) is 5.32 Å². The van der Waals surface area contributed by atoms with E-state index in [-0.39, 0.29) is 29.8 Å². The Morgan fingerprint density at radius 3 is 2.30 bits per heavy atom. The van der Waals surface area contributed by atoms with Gasteiger partial charge in [0.25, 0.3) is 0 Å². The molecule has 0 saturated carbocycles. The highest BCUT2D eigenvalue weighted by atomic mass is 32.2. The van der Waals surface area contributed by atoms with Gasteiger partial charge in [-0.05, 0) is 49.1 Å². The van der Waals surface area contributed by atoms with Gasteiger partial charge in [-0.3, -0.25) is 18.7 Å². The molecular weight excluding hydrogens is 494 g/mol. The van der Waals surface area contributed by atoms with E-state index >= 15 is 0 Å². The number of hydrogen-bond acceptors (Lipinski definition) is 6. The first-order valence-electron chi connectivity index (χ1n) is 12.2. The molecule has 0 heterocycles. The van der Waals surface area contributed by atoms with Crippen LogP contribution in [0.5, 0.6) is 5.75 Å². The number of Topliss-reactive ketones (excluding diaryl/α,β-unsaturated/α-hetero) is 1. The zero-order valence-corrected chi connectivity index (χ0v) is 23.2. The van der Waals surface area contributed by atoms with Crippen molar-refractivity contribution in [3.8, 4) is 5.75 Å². The fraction of sp³-hybridized carbons (Fsp3) is 0.444. The lowest BCUT2D eigenvalue weighted by Gasteiger charge is -2.33. The Bertz CT molecular complexity index is 1210. The standard InChI is InChI=1S/C27H37N3O6S/c1-7-25(27(33)28-16-19(2)3)29(17-21-10-8-13-24(14-21)36-5)26(32)18-30(37(6,34)35)23-12-9-11-22(15-23)20(4)31/h8-15,19,25H,7,16-18H2,1-6H3,(H,28,33)/t25-/m0/s1. The van der Waals surface area contributed by atoms with Gasteiger partial charge in [-0.15, -0.1) is 0 Å². The minimum atomic E-state index is -3.89. The quantitative estimate of drug-likeness (QED) is 0.397. The summed E-state index contributed by atoms with van der Waals surface area (Å²) in [4.78, 5) is 40.1. The predicted molar refractivity (Wildman–Crippen MR) is 144 cm³/mol. The number of sulfonamides is 1. The molecule has 0 aliphatic carbocycles. The molecule has 10 heteroatoms. The number of rotatable bonds is 13. The number of benzene rings is 2. The Kier molecular flexibility index (Phi) is 10.7. The molecule has 0 unspecified atom stereocenters. The van der Waals surface area contributed by atoms with Crippen molar-refractivity contribution in [3.05, 3.63) is 59.7 Å². The summed E-state index contributed by atoms with van der Waals surface area (Å²) in [6.45, 7) is 7.12. The second-order valence-electron chi connectivity index (χ2n) is 9.31. The van der Waals surface area contributed by atoms with Crippen molar-refractivity contribution in [2.75, 3.05) is 30.8 Å². The minimum absolute atomic E-state index is 0.0781. The van der Waals surface area contributed by atoms with Gasteiger partial charge in [0.05, 0.1) is 19.1 Å². The Labute approximate surface area is 219 Å². The predicted octanol–water partition coefficient (Wildman–Crippen LogP) is 3.24. The molecule has 2 aromatic carbocycles. The Morgan fingerprint density at radius 1 is 1.05 bits per heavy atom. The summed E-state index contributed by atoms with van der Waals surface area (Å²) in [6.07, 6.45) is 1.33. The topological polar surface area (TPSA) is 113 Å². The monoisotopic (exact) mass is 531 g/mol. The van der Waals surface area contributed by atoms with E-state index in [0.29, 0.717) is 24.3 Å². The van der Waals surface area contributed by atoms with E-state index in [0.717, 1.165) is 16.1 Å². The van der Waals surface area contributed by atoms with Gasteiger partial charge >= 0.3 is 0 Å². The van der Waals surface area contributed by atoms with Crippen molar-refractivity contribution in [2.24, 2.45) is 5.92 Å². The normalized spacial score (nSPS) is 12.1. The molecule has 2 rings (SSSR count). The van der Waals surface area contributed by atoms with Crippen molar-refractivity contribution < 1.29 is 27.5 Å². The Morgan fingerprint density at radius 2 is 1.73 bits per heavy atom. The van der Waals surface area contributed by atoms with Gasteiger partial charge in [0.15, 0.2) is 5.78 Å². The summed E-state index contributed by atoms with van der Waals surface area (Å²) in [7, 11) is -2.36. The lowest BCUT2D eigenvalue weighted by atomic mass is 10.1. The molecule has 1 N–H and O–H groups in total. The van der Waals surface area contributed by atoms with E-state index in [9.17, 15) is 22.8 Å². The second-order valence-corrected chi connectivity index (χ2v) is 11.2. The van der Waals surface area contributed by atoms with E-state index in [1.54, 1.807) is 37.3 Å². The lowest BCUT2D eigenvalue weighted by Crippen LogP contribution is -2.52. The van der Waals surface area contributed by atoms with Crippen molar-refractivity contribution >= 4 is 33.3 Å². The molecule has 0 saturated heterocycles. The number of nitrogens with zero attached hydrogens (tertiary/aromatic N) is 2. The lowest BCUT2D eigenvalue weighted by molar-refractivity contribution is -0.140. The van der Waals surface area contributed by atoms with E-state index in [4.69, 9.17) is 4.74 Å². The van der Waals surface area contributed by atoms with Crippen LogP contribution in [0, 0.1) is 5.92 Å². The molecule has 1 atom stereocenters. The average molecular weight is 532 g/mol. The maximum atomic E-state index is 13.7. The first-order valence-corrected chi connectivity index (χ1v) is 14.0. The third-order valence-corrected chi connectivity index (χ3v) is 6.92. The highest BCUT2D eigenvalue weighted by Crippen LogP contribution is 2.22. The molecule has 0 aliphatic heterocycles. The number of amides is 2. The second kappa shape index (κ2) is 13.2. The average Bonchev–Trinajstić information content (AvgIpc) is 2.85. The van der Waals surface area contributed by atoms with Crippen LogP contribution in [0.25, 0.3) is 0 Å². The van der Waals surface area contributed by atoms with Crippen LogP contribution in [-0.2, 0) is 26.2 Å². The van der Waals surface area contributed by atoms with Crippen LogP contribution >= 0.6 is 0 Å². The Balaban J connectivity index is 2.47. The number of methoxy groups -OCH3 is 1. The number of nitrogens with one attached hydrogen (secondary N) is 1. The molecule has 0 spiro atoms. The van der Waals surface area contributed by atoms with E-state index in [1.807, 2.05) is 19.9 Å². The summed E-state index contributed by atoms with van der Waals surface area (Å²) in [5.74, 6) is -0.265. The molecule has 2 amide bonds. The Hall–Kier alpha value is -3.40. The summed E-state index contributed by atoms with van der Waals surface area (Å²) < 4.78 is 31.7. The first kappa shape index (κ1) is 29.8. The van der Waals surface area contributed by atoms with Crippen LogP contribution in [0.1, 0.15) is 50.0 Å². The third kappa shape index (κ3) is 8.59. The van der Waals surface area contributed by atoms with Crippen LogP contribution in [0.4, 0.5) is 5.69 Å². The van der Waals surface area contributed by atoms with Crippen LogP contribution in [0.15, 0.2) is 48.5 Å². The van der Waals surface area contributed by atoms with Gasteiger partial charge in [0.2, 0.25) is 21.8 Å². The van der Waals surface area contributed by atoms with Crippen molar-refractivity contribution in [2.45, 2.75) is 46.7 Å². The van der Waals surface area contributed by atoms with E-state index < -0.39 is 28.5 Å². The summed E-state index contributed by atoms with van der Waals surface area (Å²) in [5.41, 5.74) is 1.25. The summed E-state index contributed by atoms with van der Waals surface area (Å²) in [6, 6.07) is 12.4. The smallest absolute Gasteiger partial charge is 0.244 e. The molecule has 0 fully saturated rings. The van der Waals surface area contributed by atoms with Gasteiger partial charge in [0, 0.05) is 18.7 Å². The summed E-state index contributed by atoms with van der Waals surface area (Å²) >= 11 is 0. The molecule has 2 aromatic rings. The molecule has 0 aromatic heterocycles. The molecule has 0 aliphatic rings. The fourth-order valence-electron chi connectivity index (χ4n) is 3.80. The number of carbonyl (C=O) groups excluding carboxylic acids is 3. The fourth-order valence-corrected chi connectivity index (χ4v) is 4.64. The maximum absolute atomic E-state index is 13.7. The number of hydrogen-bond donors (Lipinski definition) is 1. The number of ketones is 1. The molecule has 0 bridgehead atoms. The molecule has 202 valence electrons. The maximum Gasteiger partial charge on any atom is 0.244 e. The van der Waals surface area contributed by atoms with Gasteiger partial charge in [-0.2, -0.15) is 0 Å². The third-order valence-electron chi connectivity index (χ3n) is 5.78. The molecular formula is C27H37N3O6S. The number of anilines is 1. The molecule has 9 nitrogen and oxygen atoms in total. The highest BCUT2D eigenvalue weighted by molar-refractivity contribution is 7.92. The van der Waals surface area contributed by atoms with Crippen LogP contribution in [-0.4, -0.2) is 63.4 Å². The van der Waals surface area contributed by atoms with Crippen LogP contribution in [0.3, 0.4) is 0 Å². The van der Waals surface area contributed by atoms with Gasteiger partial charge in [-0.25, -0.2) is 8.42 Å². The molecule has 37 heavy (non-hydrogen) atoms. The van der Waals surface area contributed by atoms with Gasteiger partial charge < -0.3 is 15.0 Å². The largest absolute Gasteiger partial charge is 0.497 e. The molecule has 0 radical (unpaired) electrons. The first-order chi connectivity index (χ1) is 17.4. The number of ether oxygens (including phenoxy) is 1. The zero-order chi connectivity index (χ0) is 27.8. The van der Waals surface area contributed by atoms with Crippen molar-refractivity contribution in [1.29, 1.82) is 0 Å². The minimum Gasteiger partial charge on any atom is -0.497 e. The highest BCUT2D eigenvalue weighted by Gasteiger charge is 2.32. The van der Waals surface area contributed by atoms with Crippen LogP contribution in [0.2, 0.25) is 0 Å². The van der Waals surface area contributed by atoms with Crippen molar-refractivity contribution in [1.82, 2.24) is 10.2 Å². The van der Waals surface area contributed by atoms with Gasteiger partial charge in [0.1, 0.15) is 18.3 Å². The number of carbonyl (C=O) groups is 3.